The number of ether oxygens (including phenoxy) is 1. The second-order valence-corrected chi connectivity index (χ2v) is 5.33. The first-order valence-electron chi connectivity index (χ1n) is 6.19. The lowest BCUT2D eigenvalue weighted by Gasteiger charge is -2.23. The van der Waals surface area contributed by atoms with Gasteiger partial charge in [-0.25, -0.2) is 0 Å². The lowest BCUT2D eigenvalue weighted by molar-refractivity contribution is -0.134. The van der Waals surface area contributed by atoms with E-state index in [1.807, 2.05) is 0 Å². The summed E-state index contributed by atoms with van der Waals surface area (Å²) in [4.78, 5) is 13.8. The van der Waals surface area contributed by atoms with Crippen molar-refractivity contribution in [3.05, 3.63) is 28.2 Å². The molecule has 2 N–H and O–H groups in total. The Labute approximate surface area is 122 Å². The summed E-state index contributed by atoms with van der Waals surface area (Å²) in [6, 6.07) is 5.05. The average molecular weight is 303 g/mol. The predicted octanol–water partition coefficient (Wildman–Crippen LogP) is 2.32. The van der Waals surface area contributed by atoms with Gasteiger partial charge in [-0.05, 0) is 31.0 Å². The van der Waals surface area contributed by atoms with Gasteiger partial charge < -0.3 is 15.4 Å². The third kappa shape index (κ3) is 3.53. The molecular formula is C13H16Cl2N2O2. The number of rotatable bonds is 4. The smallest absolute Gasteiger partial charge is 0.260 e. The maximum Gasteiger partial charge on any atom is 0.260 e. The van der Waals surface area contributed by atoms with Crippen LogP contribution in [-0.4, -0.2) is 36.5 Å². The highest BCUT2D eigenvalue weighted by Gasteiger charge is 2.27. The van der Waals surface area contributed by atoms with Gasteiger partial charge in [-0.1, -0.05) is 23.2 Å². The fourth-order valence-electron chi connectivity index (χ4n) is 2.22. The Morgan fingerprint density at radius 1 is 1.47 bits per heavy atom. The zero-order valence-corrected chi connectivity index (χ0v) is 12.0. The summed E-state index contributed by atoms with van der Waals surface area (Å²) in [6.45, 7) is 1.21. The molecule has 0 aliphatic carbocycles. The van der Waals surface area contributed by atoms with Gasteiger partial charge in [-0.2, -0.15) is 0 Å². The van der Waals surface area contributed by atoms with Crippen LogP contribution in [0.3, 0.4) is 0 Å². The van der Waals surface area contributed by atoms with Crippen LogP contribution < -0.4 is 10.5 Å². The third-order valence-electron chi connectivity index (χ3n) is 3.21. The molecular weight excluding hydrogens is 287 g/mol. The van der Waals surface area contributed by atoms with Gasteiger partial charge >= 0.3 is 0 Å². The van der Waals surface area contributed by atoms with Crippen LogP contribution in [0.4, 0.5) is 0 Å². The van der Waals surface area contributed by atoms with Gasteiger partial charge in [-0.15, -0.1) is 0 Å². The second kappa shape index (κ2) is 6.46. The van der Waals surface area contributed by atoms with E-state index >= 15 is 0 Å². The second-order valence-electron chi connectivity index (χ2n) is 4.48. The van der Waals surface area contributed by atoms with E-state index in [1.165, 1.54) is 0 Å². The minimum absolute atomic E-state index is 0.0299. The summed E-state index contributed by atoms with van der Waals surface area (Å²) in [5.41, 5.74) is 5.64. The van der Waals surface area contributed by atoms with E-state index in [0.29, 0.717) is 22.3 Å². The number of benzene rings is 1. The molecule has 1 atom stereocenters. The van der Waals surface area contributed by atoms with Crippen molar-refractivity contribution in [2.45, 2.75) is 18.9 Å². The minimum Gasteiger partial charge on any atom is -0.482 e. The summed E-state index contributed by atoms with van der Waals surface area (Å²) in [7, 11) is 0. The van der Waals surface area contributed by atoms with Crippen LogP contribution in [0.25, 0.3) is 0 Å². The molecule has 0 unspecified atom stereocenters. The molecule has 1 saturated heterocycles. The molecule has 1 aliphatic rings. The van der Waals surface area contributed by atoms with E-state index in [4.69, 9.17) is 33.7 Å². The Morgan fingerprint density at radius 2 is 2.26 bits per heavy atom. The van der Waals surface area contributed by atoms with Crippen LogP contribution in [0.2, 0.25) is 10.0 Å². The molecule has 0 radical (unpaired) electrons. The zero-order valence-electron chi connectivity index (χ0n) is 10.4. The van der Waals surface area contributed by atoms with E-state index in [1.54, 1.807) is 23.1 Å². The fourth-order valence-corrected chi connectivity index (χ4v) is 2.69. The van der Waals surface area contributed by atoms with E-state index in [0.717, 1.165) is 19.4 Å². The third-order valence-corrected chi connectivity index (χ3v) is 3.75. The Hall–Kier alpha value is -0.970. The van der Waals surface area contributed by atoms with Crippen molar-refractivity contribution in [1.82, 2.24) is 4.90 Å². The highest BCUT2D eigenvalue weighted by Crippen LogP contribution is 2.27. The summed E-state index contributed by atoms with van der Waals surface area (Å²) >= 11 is 11.8. The molecule has 1 aromatic carbocycles. The highest BCUT2D eigenvalue weighted by atomic mass is 35.5. The van der Waals surface area contributed by atoms with Crippen molar-refractivity contribution in [2.75, 3.05) is 19.7 Å². The predicted molar refractivity (Wildman–Crippen MR) is 75.7 cm³/mol. The number of halogens is 2. The number of nitrogens with zero attached hydrogens (tertiary/aromatic N) is 1. The average Bonchev–Trinajstić information content (AvgIpc) is 2.85. The molecule has 0 aromatic heterocycles. The van der Waals surface area contributed by atoms with Gasteiger partial charge in [0.2, 0.25) is 0 Å². The molecule has 2 rings (SSSR count). The summed E-state index contributed by atoms with van der Waals surface area (Å²) in [6.07, 6.45) is 1.96. The van der Waals surface area contributed by atoms with Crippen molar-refractivity contribution >= 4 is 29.1 Å². The molecule has 0 saturated carbocycles. The maximum absolute atomic E-state index is 12.0. The lowest BCUT2D eigenvalue weighted by Crippen LogP contribution is -2.42. The van der Waals surface area contributed by atoms with Gasteiger partial charge in [-0.3, -0.25) is 4.79 Å². The first kappa shape index (κ1) is 14.4. The number of hydrogen-bond donors (Lipinski definition) is 1. The van der Waals surface area contributed by atoms with E-state index in [2.05, 4.69) is 0 Å². The molecule has 4 nitrogen and oxygen atoms in total. The molecule has 6 heteroatoms. The summed E-state index contributed by atoms with van der Waals surface area (Å²) in [5.74, 6) is 0.405. The number of carbonyl (C=O) groups excluding carboxylic acids is 1. The van der Waals surface area contributed by atoms with Crippen LogP contribution in [-0.2, 0) is 4.79 Å². The number of amides is 1. The highest BCUT2D eigenvalue weighted by molar-refractivity contribution is 6.35. The van der Waals surface area contributed by atoms with Crippen molar-refractivity contribution in [2.24, 2.45) is 5.73 Å². The van der Waals surface area contributed by atoms with Crippen LogP contribution >= 0.6 is 23.2 Å². The summed E-state index contributed by atoms with van der Waals surface area (Å²) < 4.78 is 5.44. The Morgan fingerprint density at radius 3 is 2.95 bits per heavy atom. The number of likely N-dealkylation sites (tertiary alicyclic amines) is 1. The molecule has 1 fully saturated rings. The Bertz CT molecular complexity index is 468. The Kier molecular flexibility index (Phi) is 4.91. The monoisotopic (exact) mass is 302 g/mol. The number of hydrogen-bond acceptors (Lipinski definition) is 3. The molecule has 1 aliphatic heterocycles. The number of carbonyl (C=O) groups is 1. The number of nitrogens with two attached hydrogens (primary N) is 1. The molecule has 0 bridgehead atoms. The van der Waals surface area contributed by atoms with E-state index in [9.17, 15) is 4.79 Å². The molecule has 1 aromatic rings. The topological polar surface area (TPSA) is 55.6 Å². The lowest BCUT2D eigenvalue weighted by atomic mass is 10.2. The SMILES string of the molecule is NC[C@H]1CCCN1C(=O)COc1ccc(Cl)cc1Cl. The van der Waals surface area contributed by atoms with Crippen molar-refractivity contribution in [1.29, 1.82) is 0 Å². The van der Waals surface area contributed by atoms with Crippen molar-refractivity contribution < 1.29 is 9.53 Å². The standard InChI is InChI=1S/C13H16Cl2N2O2/c14-9-3-4-12(11(15)6-9)19-8-13(18)17-5-1-2-10(17)7-16/h3-4,6,10H,1-2,5,7-8,16H2/t10-/m1/s1. The van der Waals surface area contributed by atoms with Gasteiger partial charge in [0.05, 0.1) is 5.02 Å². The molecule has 1 heterocycles. The summed E-state index contributed by atoms with van der Waals surface area (Å²) in [5, 5.41) is 0.934. The van der Waals surface area contributed by atoms with E-state index in [-0.39, 0.29) is 18.6 Å². The van der Waals surface area contributed by atoms with Crippen molar-refractivity contribution in [3.63, 3.8) is 0 Å². The minimum atomic E-state index is -0.0565. The first-order chi connectivity index (χ1) is 9.11. The van der Waals surface area contributed by atoms with E-state index < -0.39 is 0 Å². The van der Waals surface area contributed by atoms with Crippen LogP contribution in [0.15, 0.2) is 18.2 Å². The van der Waals surface area contributed by atoms with Crippen molar-refractivity contribution in [3.8, 4) is 5.75 Å². The molecule has 0 spiro atoms. The molecule has 1 amide bonds. The van der Waals surface area contributed by atoms with Gasteiger partial charge in [0, 0.05) is 24.2 Å². The van der Waals surface area contributed by atoms with Crippen LogP contribution in [0.1, 0.15) is 12.8 Å². The Balaban J connectivity index is 1.93. The maximum atomic E-state index is 12.0. The normalized spacial score (nSPS) is 18.7. The quantitative estimate of drug-likeness (QED) is 0.928. The first-order valence-corrected chi connectivity index (χ1v) is 6.95. The largest absolute Gasteiger partial charge is 0.482 e. The molecule has 104 valence electrons. The molecule has 19 heavy (non-hydrogen) atoms. The van der Waals surface area contributed by atoms with Gasteiger partial charge in [0.25, 0.3) is 5.91 Å². The van der Waals surface area contributed by atoms with Crippen LogP contribution in [0, 0.1) is 0 Å². The van der Waals surface area contributed by atoms with Gasteiger partial charge in [0.15, 0.2) is 6.61 Å². The van der Waals surface area contributed by atoms with Gasteiger partial charge in [0.1, 0.15) is 5.75 Å². The zero-order chi connectivity index (χ0) is 13.8. The van der Waals surface area contributed by atoms with Crippen LogP contribution in [0.5, 0.6) is 5.75 Å². The fraction of sp³-hybridized carbons (Fsp3) is 0.462.